The first-order valence-corrected chi connectivity index (χ1v) is 9.43. The summed E-state index contributed by atoms with van der Waals surface area (Å²) in [6.45, 7) is 6.73. The van der Waals surface area contributed by atoms with Gasteiger partial charge in [-0.25, -0.2) is 0 Å². The number of rotatable bonds is 6. The fraction of sp³-hybridized carbons (Fsp3) is 0.556. The van der Waals surface area contributed by atoms with Crippen LogP contribution >= 0.6 is 15.9 Å². The molecule has 0 unspecified atom stereocenters. The van der Waals surface area contributed by atoms with Crippen molar-refractivity contribution in [3.8, 4) is 0 Å². The number of carbonyl (C=O) groups excluding carboxylic acids is 2. The minimum atomic E-state index is -0.519. The van der Waals surface area contributed by atoms with E-state index in [1.807, 2.05) is 4.90 Å². The molecule has 6 heteroatoms. The van der Waals surface area contributed by atoms with Crippen LogP contribution in [0.5, 0.6) is 0 Å². The maximum Gasteiger partial charge on any atom is 0.255 e. The number of nitrogens with two attached hydrogens (primary N) is 1. The summed E-state index contributed by atoms with van der Waals surface area (Å²) >= 11 is 3.41. The highest BCUT2D eigenvalue weighted by Gasteiger charge is 2.22. The lowest BCUT2D eigenvalue weighted by molar-refractivity contribution is 0.0760. The summed E-state index contributed by atoms with van der Waals surface area (Å²) in [5.74, 6) is -0.560. The minimum Gasteiger partial charge on any atom is -0.366 e. The van der Waals surface area contributed by atoms with Crippen molar-refractivity contribution in [1.29, 1.82) is 0 Å². The number of amides is 2. The van der Waals surface area contributed by atoms with Gasteiger partial charge in [-0.3, -0.25) is 9.59 Å². The lowest BCUT2D eigenvalue weighted by Gasteiger charge is -2.22. The second-order valence-electron chi connectivity index (χ2n) is 6.25. The van der Waals surface area contributed by atoms with Crippen molar-refractivity contribution < 1.29 is 9.59 Å². The van der Waals surface area contributed by atoms with Gasteiger partial charge in [0.05, 0.1) is 5.56 Å². The molecule has 0 aliphatic carbocycles. The SMILES string of the molecule is CCCCCN1CCCN(C(=O)c2cc(C(N)=O)ccc2Br)CC1. The Kier molecular flexibility index (Phi) is 7.24. The predicted molar refractivity (Wildman–Crippen MR) is 99.1 cm³/mol. The van der Waals surface area contributed by atoms with Crippen LogP contribution in [-0.4, -0.2) is 54.3 Å². The first-order valence-electron chi connectivity index (χ1n) is 8.64. The van der Waals surface area contributed by atoms with Crippen LogP contribution in [-0.2, 0) is 0 Å². The van der Waals surface area contributed by atoms with Gasteiger partial charge < -0.3 is 15.5 Å². The number of hydrogen-bond acceptors (Lipinski definition) is 3. The number of carbonyl (C=O) groups is 2. The third-order valence-electron chi connectivity index (χ3n) is 4.43. The van der Waals surface area contributed by atoms with Gasteiger partial charge in [0.25, 0.3) is 5.91 Å². The first kappa shape index (κ1) is 18.9. The number of unbranched alkanes of at least 4 members (excludes halogenated alkanes) is 2. The molecule has 0 bridgehead atoms. The molecule has 0 saturated carbocycles. The Labute approximate surface area is 152 Å². The fourth-order valence-electron chi connectivity index (χ4n) is 3.00. The van der Waals surface area contributed by atoms with Crippen molar-refractivity contribution in [1.82, 2.24) is 9.80 Å². The number of benzene rings is 1. The van der Waals surface area contributed by atoms with Crippen LogP contribution in [0.2, 0.25) is 0 Å². The highest BCUT2D eigenvalue weighted by molar-refractivity contribution is 9.10. The van der Waals surface area contributed by atoms with E-state index < -0.39 is 5.91 Å². The van der Waals surface area contributed by atoms with Crippen LogP contribution in [0.4, 0.5) is 0 Å². The van der Waals surface area contributed by atoms with Gasteiger partial charge >= 0.3 is 0 Å². The highest BCUT2D eigenvalue weighted by Crippen LogP contribution is 2.21. The molecular weight excluding hydrogens is 370 g/mol. The second-order valence-corrected chi connectivity index (χ2v) is 7.11. The lowest BCUT2D eigenvalue weighted by atomic mass is 10.1. The van der Waals surface area contributed by atoms with Crippen LogP contribution in [0.15, 0.2) is 22.7 Å². The van der Waals surface area contributed by atoms with E-state index in [4.69, 9.17) is 5.73 Å². The predicted octanol–water partition coefficient (Wildman–Crippen LogP) is 2.89. The molecule has 132 valence electrons. The van der Waals surface area contributed by atoms with Crippen LogP contribution in [0, 0.1) is 0 Å². The van der Waals surface area contributed by atoms with Gasteiger partial charge in [-0.1, -0.05) is 19.8 Å². The van der Waals surface area contributed by atoms with Gasteiger partial charge in [-0.05, 0) is 60.1 Å². The molecule has 0 radical (unpaired) electrons. The van der Waals surface area contributed by atoms with Gasteiger partial charge in [-0.2, -0.15) is 0 Å². The Morgan fingerprint density at radius 3 is 2.67 bits per heavy atom. The third kappa shape index (κ3) is 5.05. The zero-order chi connectivity index (χ0) is 17.5. The molecule has 2 N–H and O–H groups in total. The maximum absolute atomic E-state index is 12.8. The average Bonchev–Trinajstić information content (AvgIpc) is 2.80. The van der Waals surface area contributed by atoms with E-state index in [-0.39, 0.29) is 5.91 Å². The molecule has 1 aromatic carbocycles. The zero-order valence-electron chi connectivity index (χ0n) is 14.3. The van der Waals surface area contributed by atoms with Crippen molar-refractivity contribution in [3.63, 3.8) is 0 Å². The second kappa shape index (κ2) is 9.18. The summed E-state index contributed by atoms with van der Waals surface area (Å²) < 4.78 is 0.696. The Balaban J connectivity index is 2.02. The number of halogens is 1. The van der Waals surface area contributed by atoms with E-state index in [2.05, 4.69) is 27.8 Å². The quantitative estimate of drug-likeness (QED) is 0.752. The monoisotopic (exact) mass is 395 g/mol. The Bertz CT molecular complexity index is 592. The lowest BCUT2D eigenvalue weighted by Crippen LogP contribution is -2.35. The fourth-order valence-corrected chi connectivity index (χ4v) is 3.41. The van der Waals surface area contributed by atoms with Crippen molar-refractivity contribution in [2.24, 2.45) is 5.73 Å². The Morgan fingerprint density at radius 2 is 1.96 bits per heavy atom. The molecule has 1 heterocycles. The molecule has 0 spiro atoms. The molecule has 1 aliphatic heterocycles. The number of primary amides is 1. The van der Waals surface area contributed by atoms with Crippen LogP contribution in [0.25, 0.3) is 0 Å². The summed E-state index contributed by atoms with van der Waals surface area (Å²) in [5.41, 5.74) is 6.19. The molecular formula is C18H26BrN3O2. The molecule has 5 nitrogen and oxygen atoms in total. The molecule has 0 atom stereocenters. The topological polar surface area (TPSA) is 66.6 Å². The molecule has 1 fully saturated rings. The maximum atomic E-state index is 12.8. The van der Waals surface area contributed by atoms with E-state index in [9.17, 15) is 9.59 Å². The third-order valence-corrected chi connectivity index (χ3v) is 5.13. The minimum absolute atomic E-state index is 0.0413. The van der Waals surface area contributed by atoms with Gasteiger partial charge in [0, 0.05) is 29.7 Å². The number of nitrogens with zero attached hydrogens (tertiary/aromatic N) is 2. The molecule has 2 rings (SSSR count). The van der Waals surface area contributed by atoms with E-state index in [0.717, 1.165) is 39.1 Å². The van der Waals surface area contributed by atoms with Gasteiger partial charge in [0.1, 0.15) is 0 Å². The summed E-state index contributed by atoms with van der Waals surface area (Å²) in [4.78, 5) is 28.5. The largest absolute Gasteiger partial charge is 0.366 e. The van der Waals surface area contributed by atoms with Crippen molar-refractivity contribution in [2.75, 3.05) is 32.7 Å². The standard InChI is InChI=1S/C18H26BrN3O2/c1-2-3-4-8-21-9-5-10-22(12-11-21)18(24)15-13-14(17(20)23)6-7-16(15)19/h6-7,13H,2-5,8-12H2,1H3,(H2,20,23). The summed E-state index contributed by atoms with van der Waals surface area (Å²) in [5, 5.41) is 0. The smallest absolute Gasteiger partial charge is 0.255 e. The molecule has 1 saturated heterocycles. The Morgan fingerprint density at radius 1 is 1.17 bits per heavy atom. The molecule has 0 aromatic heterocycles. The normalized spacial score (nSPS) is 16.0. The first-order chi connectivity index (χ1) is 11.5. The van der Waals surface area contributed by atoms with E-state index in [1.165, 1.54) is 19.3 Å². The van der Waals surface area contributed by atoms with E-state index >= 15 is 0 Å². The van der Waals surface area contributed by atoms with Crippen molar-refractivity contribution in [3.05, 3.63) is 33.8 Å². The van der Waals surface area contributed by atoms with Gasteiger partial charge in [-0.15, -0.1) is 0 Å². The van der Waals surface area contributed by atoms with Crippen LogP contribution < -0.4 is 5.73 Å². The summed E-state index contributed by atoms with van der Waals surface area (Å²) in [6.07, 6.45) is 4.68. The Hall–Kier alpha value is -1.40. The molecule has 24 heavy (non-hydrogen) atoms. The highest BCUT2D eigenvalue weighted by atomic mass is 79.9. The average molecular weight is 396 g/mol. The van der Waals surface area contributed by atoms with Crippen molar-refractivity contribution >= 4 is 27.7 Å². The summed E-state index contributed by atoms with van der Waals surface area (Å²) in [6, 6.07) is 4.92. The van der Waals surface area contributed by atoms with Gasteiger partial charge in [0.2, 0.25) is 5.91 Å². The molecule has 1 aromatic rings. The molecule has 2 amide bonds. The summed E-state index contributed by atoms with van der Waals surface area (Å²) in [7, 11) is 0. The number of hydrogen-bond donors (Lipinski definition) is 1. The van der Waals surface area contributed by atoms with E-state index in [0.29, 0.717) is 15.6 Å². The van der Waals surface area contributed by atoms with Crippen molar-refractivity contribution in [2.45, 2.75) is 32.6 Å². The zero-order valence-corrected chi connectivity index (χ0v) is 15.8. The van der Waals surface area contributed by atoms with E-state index in [1.54, 1.807) is 18.2 Å². The van der Waals surface area contributed by atoms with Crippen LogP contribution in [0.1, 0.15) is 53.3 Å². The van der Waals surface area contributed by atoms with Crippen LogP contribution in [0.3, 0.4) is 0 Å². The molecule has 1 aliphatic rings. The van der Waals surface area contributed by atoms with Gasteiger partial charge in [0.15, 0.2) is 0 Å².